The predicted octanol–water partition coefficient (Wildman–Crippen LogP) is 1.85. The Morgan fingerprint density at radius 2 is 1.88 bits per heavy atom. The van der Waals surface area contributed by atoms with Gasteiger partial charge in [-0.05, 0) is 17.9 Å². The SMILES string of the molecule is COC(=O)[C@H]1C(=O)C2=C(C[C@H]1C)NC(=O)C[C@@H]2c1ccc([N+](=O)[O-])cc1. The Morgan fingerprint density at radius 1 is 1.23 bits per heavy atom. The first-order chi connectivity index (χ1) is 12.3. The molecule has 0 bridgehead atoms. The van der Waals surface area contributed by atoms with Crippen LogP contribution >= 0.6 is 0 Å². The van der Waals surface area contributed by atoms with Crippen molar-refractivity contribution in [3.63, 3.8) is 0 Å². The number of nitrogens with one attached hydrogen (secondary N) is 1. The van der Waals surface area contributed by atoms with Crippen LogP contribution in [0.25, 0.3) is 0 Å². The minimum Gasteiger partial charge on any atom is -0.468 e. The number of ether oxygens (including phenoxy) is 1. The molecule has 8 nitrogen and oxygen atoms in total. The number of hydrogen-bond donors (Lipinski definition) is 1. The number of ketones is 1. The summed E-state index contributed by atoms with van der Waals surface area (Å²) in [6, 6.07) is 5.78. The van der Waals surface area contributed by atoms with E-state index >= 15 is 0 Å². The van der Waals surface area contributed by atoms with Gasteiger partial charge in [0.15, 0.2) is 5.78 Å². The number of nitro benzene ring substituents is 1. The van der Waals surface area contributed by atoms with Crippen LogP contribution in [0, 0.1) is 22.0 Å². The van der Waals surface area contributed by atoms with E-state index < -0.39 is 22.7 Å². The zero-order chi connectivity index (χ0) is 19.0. The number of allylic oxidation sites excluding steroid dienone is 2. The first-order valence-electron chi connectivity index (χ1n) is 8.22. The van der Waals surface area contributed by atoms with Gasteiger partial charge >= 0.3 is 5.97 Å². The molecule has 0 aromatic heterocycles. The Balaban J connectivity index is 2.04. The van der Waals surface area contributed by atoms with Gasteiger partial charge in [-0.3, -0.25) is 24.5 Å². The molecule has 0 saturated heterocycles. The summed E-state index contributed by atoms with van der Waals surface area (Å²) in [7, 11) is 1.24. The van der Waals surface area contributed by atoms with Gasteiger partial charge in [0.05, 0.1) is 12.0 Å². The number of amides is 1. The molecule has 0 spiro atoms. The predicted molar refractivity (Wildman–Crippen MR) is 89.9 cm³/mol. The van der Waals surface area contributed by atoms with Crippen molar-refractivity contribution >= 4 is 23.3 Å². The number of rotatable bonds is 3. The molecule has 1 aliphatic heterocycles. The number of non-ortho nitro benzene ring substituents is 1. The Hall–Kier alpha value is -3.03. The van der Waals surface area contributed by atoms with Crippen molar-refractivity contribution < 1.29 is 24.0 Å². The van der Waals surface area contributed by atoms with Gasteiger partial charge in [0.25, 0.3) is 5.69 Å². The Bertz CT molecular complexity index is 827. The molecule has 1 aromatic rings. The molecule has 8 heteroatoms. The summed E-state index contributed by atoms with van der Waals surface area (Å²) in [6.07, 6.45) is 0.431. The van der Waals surface area contributed by atoms with Gasteiger partial charge in [-0.2, -0.15) is 0 Å². The first-order valence-corrected chi connectivity index (χ1v) is 8.22. The summed E-state index contributed by atoms with van der Waals surface area (Å²) in [6.45, 7) is 1.77. The van der Waals surface area contributed by atoms with Gasteiger partial charge in [0.1, 0.15) is 5.92 Å². The van der Waals surface area contributed by atoms with E-state index in [1.165, 1.54) is 19.2 Å². The minimum absolute atomic E-state index is 0.0463. The van der Waals surface area contributed by atoms with Crippen LogP contribution in [-0.2, 0) is 19.1 Å². The highest BCUT2D eigenvalue weighted by Crippen LogP contribution is 2.42. The molecule has 1 aromatic carbocycles. The maximum atomic E-state index is 13.0. The van der Waals surface area contributed by atoms with E-state index in [2.05, 4.69) is 5.32 Å². The van der Waals surface area contributed by atoms with Crippen LogP contribution in [0.4, 0.5) is 5.69 Å². The number of nitro groups is 1. The summed E-state index contributed by atoms with van der Waals surface area (Å²) in [4.78, 5) is 47.5. The molecule has 0 unspecified atom stereocenters. The van der Waals surface area contributed by atoms with E-state index in [-0.39, 0.29) is 29.7 Å². The van der Waals surface area contributed by atoms with E-state index in [0.29, 0.717) is 23.3 Å². The van der Waals surface area contributed by atoms with Crippen molar-refractivity contribution in [1.29, 1.82) is 0 Å². The number of carbonyl (C=O) groups is 3. The highest BCUT2D eigenvalue weighted by molar-refractivity contribution is 6.11. The van der Waals surface area contributed by atoms with Crippen LogP contribution in [0.2, 0.25) is 0 Å². The fourth-order valence-corrected chi connectivity index (χ4v) is 3.71. The lowest BCUT2D eigenvalue weighted by Gasteiger charge is -2.36. The van der Waals surface area contributed by atoms with Gasteiger partial charge in [-0.1, -0.05) is 19.1 Å². The maximum absolute atomic E-state index is 13.0. The Kier molecular flexibility index (Phi) is 4.58. The zero-order valence-corrected chi connectivity index (χ0v) is 14.4. The van der Waals surface area contributed by atoms with Gasteiger partial charge in [-0.25, -0.2) is 0 Å². The maximum Gasteiger partial charge on any atom is 0.316 e. The Labute approximate surface area is 149 Å². The van der Waals surface area contributed by atoms with Crippen LogP contribution in [-0.4, -0.2) is 29.7 Å². The highest BCUT2D eigenvalue weighted by Gasteiger charge is 2.45. The highest BCUT2D eigenvalue weighted by atomic mass is 16.6. The third kappa shape index (κ3) is 2.98. The minimum atomic E-state index is -0.908. The van der Waals surface area contributed by atoms with E-state index in [1.807, 2.05) is 0 Å². The molecule has 1 N–H and O–H groups in total. The number of nitrogens with zero attached hydrogens (tertiary/aromatic N) is 1. The van der Waals surface area contributed by atoms with Crippen molar-refractivity contribution in [1.82, 2.24) is 5.32 Å². The normalized spacial score (nSPS) is 25.4. The molecule has 0 radical (unpaired) electrons. The summed E-state index contributed by atoms with van der Waals surface area (Å²) in [5, 5.41) is 13.6. The van der Waals surface area contributed by atoms with E-state index in [0.717, 1.165) is 0 Å². The van der Waals surface area contributed by atoms with Crippen LogP contribution in [0.5, 0.6) is 0 Å². The lowest BCUT2D eigenvalue weighted by Crippen LogP contribution is -2.44. The summed E-state index contributed by atoms with van der Waals surface area (Å²) in [5.41, 5.74) is 1.48. The number of hydrogen-bond acceptors (Lipinski definition) is 6. The summed E-state index contributed by atoms with van der Waals surface area (Å²) >= 11 is 0. The Morgan fingerprint density at radius 3 is 2.46 bits per heavy atom. The monoisotopic (exact) mass is 358 g/mol. The lowest BCUT2D eigenvalue weighted by molar-refractivity contribution is -0.384. The fraction of sp³-hybridized carbons (Fsp3) is 0.389. The topological polar surface area (TPSA) is 116 Å². The largest absolute Gasteiger partial charge is 0.468 e. The average Bonchev–Trinajstić information content (AvgIpc) is 2.60. The number of methoxy groups -OCH3 is 1. The molecule has 1 heterocycles. The third-order valence-electron chi connectivity index (χ3n) is 4.96. The second kappa shape index (κ2) is 6.70. The van der Waals surface area contributed by atoms with Gasteiger partial charge in [-0.15, -0.1) is 0 Å². The van der Waals surface area contributed by atoms with Crippen LogP contribution in [0.15, 0.2) is 35.5 Å². The lowest BCUT2D eigenvalue weighted by atomic mass is 9.70. The molecular formula is C18H18N2O6. The molecule has 3 atom stereocenters. The van der Waals surface area contributed by atoms with Crippen LogP contribution in [0.3, 0.4) is 0 Å². The molecule has 1 aliphatic carbocycles. The van der Waals surface area contributed by atoms with Crippen LogP contribution in [0.1, 0.15) is 31.2 Å². The smallest absolute Gasteiger partial charge is 0.316 e. The fourth-order valence-electron chi connectivity index (χ4n) is 3.71. The van der Waals surface area contributed by atoms with Crippen molar-refractivity contribution in [2.75, 3.05) is 7.11 Å². The molecule has 3 rings (SSSR count). The number of esters is 1. The molecular weight excluding hydrogens is 340 g/mol. The van der Waals surface area contributed by atoms with Crippen LogP contribution < -0.4 is 5.32 Å². The van der Waals surface area contributed by atoms with E-state index in [4.69, 9.17) is 4.74 Å². The van der Waals surface area contributed by atoms with Gasteiger partial charge < -0.3 is 10.1 Å². The standard InChI is InChI=1S/C18H18N2O6/c1-9-7-13-16(17(22)15(9)18(23)26-2)12(8-14(21)19-13)10-3-5-11(6-4-10)20(24)25/h3-6,9,12,15H,7-8H2,1-2H3,(H,19,21)/t9-,12-,15-/m1/s1. The molecule has 0 saturated carbocycles. The molecule has 136 valence electrons. The quantitative estimate of drug-likeness (QED) is 0.381. The van der Waals surface area contributed by atoms with Gasteiger partial charge in [0, 0.05) is 35.7 Å². The summed E-state index contributed by atoms with van der Waals surface area (Å²) in [5.74, 6) is -2.89. The van der Waals surface area contributed by atoms with Crippen molar-refractivity contribution in [3.8, 4) is 0 Å². The van der Waals surface area contributed by atoms with Crippen molar-refractivity contribution in [3.05, 3.63) is 51.2 Å². The number of Topliss-reactive ketones (excluding diaryl/α,β-unsaturated/α-hetero) is 1. The number of carbonyl (C=O) groups excluding carboxylic acids is 3. The molecule has 2 aliphatic rings. The number of benzene rings is 1. The van der Waals surface area contributed by atoms with Crippen molar-refractivity contribution in [2.45, 2.75) is 25.7 Å². The van der Waals surface area contributed by atoms with Crippen molar-refractivity contribution in [2.24, 2.45) is 11.8 Å². The van der Waals surface area contributed by atoms with Gasteiger partial charge in [0.2, 0.25) is 5.91 Å². The zero-order valence-electron chi connectivity index (χ0n) is 14.4. The molecule has 1 amide bonds. The van der Waals surface area contributed by atoms with E-state index in [9.17, 15) is 24.5 Å². The second-order valence-corrected chi connectivity index (χ2v) is 6.59. The average molecular weight is 358 g/mol. The second-order valence-electron chi connectivity index (χ2n) is 6.59. The van der Waals surface area contributed by atoms with E-state index in [1.54, 1.807) is 19.1 Å². The first kappa shape index (κ1) is 17.8. The third-order valence-corrected chi connectivity index (χ3v) is 4.96. The molecule has 0 fully saturated rings. The molecule has 26 heavy (non-hydrogen) atoms. The summed E-state index contributed by atoms with van der Waals surface area (Å²) < 4.78 is 4.77.